The second kappa shape index (κ2) is 6.72. The molecule has 0 spiro atoms. The molecule has 1 amide bonds. The van der Waals surface area contributed by atoms with E-state index >= 15 is 0 Å². The lowest BCUT2D eigenvalue weighted by atomic mass is 9.97. The highest BCUT2D eigenvalue weighted by molar-refractivity contribution is 9.11. The maximum atomic E-state index is 11.8. The van der Waals surface area contributed by atoms with E-state index in [0.29, 0.717) is 5.69 Å². The van der Waals surface area contributed by atoms with Gasteiger partial charge in [0, 0.05) is 8.95 Å². The van der Waals surface area contributed by atoms with Gasteiger partial charge in [-0.15, -0.1) is 0 Å². The number of nitrogens with one attached hydrogen (secondary N) is 1. The van der Waals surface area contributed by atoms with E-state index in [1.165, 1.54) is 0 Å². The Morgan fingerprint density at radius 1 is 1.20 bits per heavy atom. The maximum Gasteiger partial charge on any atom is 0.311 e. The molecule has 0 aliphatic heterocycles. The summed E-state index contributed by atoms with van der Waals surface area (Å²) in [6.07, 6.45) is 0. The van der Waals surface area contributed by atoms with Crippen molar-refractivity contribution in [2.75, 3.05) is 11.9 Å². The summed E-state index contributed by atoms with van der Waals surface area (Å²) in [7, 11) is 0. The molecule has 0 bridgehead atoms. The average molecular weight is 407 g/mol. The lowest BCUT2D eigenvalue weighted by molar-refractivity contribution is -0.155. The van der Waals surface area contributed by atoms with Crippen molar-refractivity contribution >= 4 is 49.4 Å². The SMILES string of the molecule is Cc1cc(Br)c(NC(=O)COC(=O)C(C)(C)C)c(Br)c1. The number of halogens is 2. The largest absolute Gasteiger partial charge is 0.455 e. The number of hydrogen-bond donors (Lipinski definition) is 1. The van der Waals surface area contributed by atoms with Gasteiger partial charge >= 0.3 is 5.97 Å². The van der Waals surface area contributed by atoms with Crippen molar-refractivity contribution in [3.8, 4) is 0 Å². The Morgan fingerprint density at radius 3 is 2.15 bits per heavy atom. The van der Waals surface area contributed by atoms with Gasteiger partial charge in [0.15, 0.2) is 6.61 Å². The van der Waals surface area contributed by atoms with Crippen LogP contribution in [0.1, 0.15) is 26.3 Å². The van der Waals surface area contributed by atoms with Gasteiger partial charge in [-0.1, -0.05) is 0 Å². The lowest BCUT2D eigenvalue weighted by Crippen LogP contribution is -2.28. The fourth-order valence-electron chi connectivity index (χ4n) is 1.34. The van der Waals surface area contributed by atoms with Crippen LogP contribution in [0.2, 0.25) is 0 Å². The second-order valence-corrected chi connectivity index (χ2v) is 7.19. The number of carbonyl (C=O) groups is 2. The molecule has 0 aliphatic carbocycles. The maximum absolute atomic E-state index is 11.8. The Bertz CT molecular complexity index is 513. The third kappa shape index (κ3) is 4.90. The smallest absolute Gasteiger partial charge is 0.311 e. The number of esters is 1. The minimum Gasteiger partial charge on any atom is -0.455 e. The summed E-state index contributed by atoms with van der Waals surface area (Å²) in [4.78, 5) is 23.4. The van der Waals surface area contributed by atoms with E-state index in [-0.39, 0.29) is 12.5 Å². The van der Waals surface area contributed by atoms with Crippen molar-refractivity contribution in [1.29, 1.82) is 0 Å². The number of ether oxygens (including phenoxy) is 1. The number of rotatable bonds is 3. The first-order valence-corrected chi connectivity index (χ1v) is 7.62. The zero-order valence-electron chi connectivity index (χ0n) is 11.8. The topological polar surface area (TPSA) is 55.4 Å². The summed E-state index contributed by atoms with van der Waals surface area (Å²) < 4.78 is 6.49. The first kappa shape index (κ1) is 17.2. The predicted octanol–water partition coefficient (Wildman–Crippen LogP) is 4.05. The molecular formula is C14H17Br2NO3. The Labute approximate surface area is 135 Å². The van der Waals surface area contributed by atoms with Crippen LogP contribution in [-0.4, -0.2) is 18.5 Å². The Morgan fingerprint density at radius 2 is 1.70 bits per heavy atom. The molecule has 0 aliphatic rings. The highest BCUT2D eigenvalue weighted by Crippen LogP contribution is 2.32. The molecule has 1 rings (SSSR count). The van der Waals surface area contributed by atoms with Crippen LogP contribution in [0.3, 0.4) is 0 Å². The summed E-state index contributed by atoms with van der Waals surface area (Å²) in [6.45, 7) is 6.86. The summed E-state index contributed by atoms with van der Waals surface area (Å²) in [6, 6.07) is 3.78. The summed E-state index contributed by atoms with van der Waals surface area (Å²) in [5.41, 5.74) is 1.05. The van der Waals surface area contributed by atoms with Crippen molar-refractivity contribution in [2.24, 2.45) is 5.41 Å². The average Bonchev–Trinajstić information content (AvgIpc) is 2.29. The molecule has 0 unspecified atom stereocenters. The number of anilines is 1. The van der Waals surface area contributed by atoms with E-state index in [1.807, 2.05) is 19.1 Å². The van der Waals surface area contributed by atoms with Gasteiger partial charge in [0.1, 0.15) is 0 Å². The third-order valence-corrected chi connectivity index (χ3v) is 3.65. The molecule has 0 radical (unpaired) electrons. The molecule has 20 heavy (non-hydrogen) atoms. The molecule has 0 aromatic heterocycles. The Balaban J connectivity index is 2.67. The van der Waals surface area contributed by atoms with Crippen LogP contribution in [0.4, 0.5) is 5.69 Å². The lowest BCUT2D eigenvalue weighted by Gasteiger charge is -2.16. The number of carbonyl (C=O) groups excluding carboxylic acids is 2. The normalized spacial score (nSPS) is 11.1. The predicted molar refractivity (Wildman–Crippen MR) is 85.6 cm³/mol. The van der Waals surface area contributed by atoms with Crippen molar-refractivity contribution in [3.05, 3.63) is 26.6 Å². The van der Waals surface area contributed by atoms with E-state index in [9.17, 15) is 9.59 Å². The van der Waals surface area contributed by atoms with Gasteiger partial charge in [-0.05, 0) is 77.3 Å². The zero-order valence-corrected chi connectivity index (χ0v) is 15.0. The number of aryl methyl sites for hydroxylation is 1. The Hall–Kier alpha value is -0.880. The highest BCUT2D eigenvalue weighted by atomic mass is 79.9. The molecule has 0 atom stereocenters. The first-order chi connectivity index (χ1) is 9.11. The number of benzene rings is 1. The van der Waals surface area contributed by atoms with Gasteiger partial charge in [-0.2, -0.15) is 0 Å². The van der Waals surface area contributed by atoms with Gasteiger partial charge in [0.2, 0.25) is 0 Å². The Kier molecular flexibility index (Phi) is 5.77. The van der Waals surface area contributed by atoms with E-state index in [1.54, 1.807) is 20.8 Å². The molecule has 1 aromatic carbocycles. The van der Waals surface area contributed by atoms with Gasteiger partial charge in [-0.3, -0.25) is 9.59 Å². The van der Waals surface area contributed by atoms with Crippen LogP contribution in [0, 0.1) is 12.3 Å². The van der Waals surface area contributed by atoms with E-state index < -0.39 is 11.4 Å². The zero-order chi connectivity index (χ0) is 15.5. The molecule has 6 heteroatoms. The molecule has 1 N–H and O–H groups in total. The van der Waals surface area contributed by atoms with E-state index in [4.69, 9.17) is 4.74 Å². The molecule has 0 saturated heterocycles. The molecule has 0 heterocycles. The van der Waals surface area contributed by atoms with Gasteiger partial charge in [0.25, 0.3) is 5.91 Å². The fraction of sp³-hybridized carbons (Fsp3) is 0.429. The molecule has 1 aromatic rings. The molecular weight excluding hydrogens is 390 g/mol. The van der Waals surface area contributed by atoms with Gasteiger partial charge in [0.05, 0.1) is 11.1 Å². The van der Waals surface area contributed by atoms with Crippen molar-refractivity contribution in [3.63, 3.8) is 0 Å². The van der Waals surface area contributed by atoms with Gasteiger partial charge in [-0.25, -0.2) is 0 Å². The number of hydrogen-bond acceptors (Lipinski definition) is 3. The quantitative estimate of drug-likeness (QED) is 0.770. The minimum atomic E-state index is -0.620. The van der Waals surface area contributed by atoms with Crippen LogP contribution in [0.15, 0.2) is 21.1 Å². The fourth-order valence-corrected chi connectivity index (χ4v) is 2.96. The van der Waals surface area contributed by atoms with Gasteiger partial charge < -0.3 is 10.1 Å². The highest BCUT2D eigenvalue weighted by Gasteiger charge is 2.24. The van der Waals surface area contributed by atoms with Crippen LogP contribution >= 0.6 is 31.9 Å². The molecule has 0 fully saturated rings. The van der Waals surface area contributed by atoms with E-state index in [0.717, 1.165) is 14.5 Å². The number of amides is 1. The van der Waals surface area contributed by atoms with Crippen LogP contribution in [0.5, 0.6) is 0 Å². The van der Waals surface area contributed by atoms with Crippen molar-refractivity contribution < 1.29 is 14.3 Å². The summed E-state index contributed by atoms with van der Waals surface area (Å²) >= 11 is 6.77. The standard InChI is InChI=1S/C14H17Br2NO3/c1-8-5-9(15)12(10(16)6-8)17-11(18)7-20-13(19)14(2,3)4/h5-6H,7H2,1-4H3,(H,17,18). The van der Waals surface area contributed by atoms with Crippen LogP contribution in [-0.2, 0) is 14.3 Å². The molecule has 4 nitrogen and oxygen atoms in total. The van der Waals surface area contributed by atoms with E-state index in [2.05, 4.69) is 37.2 Å². The van der Waals surface area contributed by atoms with Crippen molar-refractivity contribution in [1.82, 2.24) is 0 Å². The van der Waals surface area contributed by atoms with Crippen LogP contribution in [0.25, 0.3) is 0 Å². The van der Waals surface area contributed by atoms with Crippen molar-refractivity contribution in [2.45, 2.75) is 27.7 Å². The second-order valence-electron chi connectivity index (χ2n) is 5.48. The monoisotopic (exact) mass is 405 g/mol. The first-order valence-electron chi connectivity index (χ1n) is 6.04. The summed E-state index contributed by atoms with van der Waals surface area (Å²) in [5, 5.41) is 2.70. The van der Waals surface area contributed by atoms with Crippen LogP contribution < -0.4 is 5.32 Å². The molecule has 0 saturated carbocycles. The third-order valence-electron chi connectivity index (χ3n) is 2.40. The minimum absolute atomic E-state index is 0.303. The molecule has 110 valence electrons. The summed E-state index contributed by atoms with van der Waals surface area (Å²) in [5.74, 6) is -0.789.